The van der Waals surface area contributed by atoms with Crippen molar-refractivity contribution in [2.75, 3.05) is 11.6 Å². The quantitative estimate of drug-likeness (QED) is 0.896. The van der Waals surface area contributed by atoms with Gasteiger partial charge < -0.3 is 5.73 Å². The van der Waals surface area contributed by atoms with Crippen molar-refractivity contribution in [3.63, 3.8) is 0 Å². The average Bonchev–Trinajstić information content (AvgIpc) is 2.59. The second kappa shape index (κ2) is 6.57. The van der Waals surface area contributed by atoms with Gasteiger partial charge in [-0.15, -0.1) is 5.53 Å². The van der Waals surface area contributed by atoms with Gasteiger partial charge in [0, 0.05) is 0 Å². The molecule has 1 unspecified atom stereocenters. The Bertz CT molecular complexity index is 834. The van der Waals surface area contributed by atoms with E-state index in [9.17, 15) is 9.59 Å². The van der Waals surface area contributed by atoms with Gasteiger partial charge in [0.25, 0.3) is 5.91 Å². The first-order chi connectivity index (χ1) is 11.9. The van der Waals surface area contributed by atoms with Crippen LogP contribution in [0.5, 0.6) is 0 Å². The molecule has 3 rings (SSSR count). The number of aryl methyl sites for hydroxylation is 2. The van der Waals surface area contributed by atoms with Crippen LogP contribution >= 0.6 is 0 Å². The van der Waals surface area contributed by atoms with E-state index < -0.39 is 5.91 Å². The number of carbonyl (C=O) groups is 2. The van der Waals surface area contributed by atoms with Crippen LogP contribution in [0.4, 0.5) is 5.69 Å². The van der Waals surface area contributed by atoms with Crippen LogP contribution in [0, 0.1) is 13.8 Å². The van der Waals surface area contributed by atoms with Crippen LogP contribution in [-0.2, 0) is 4.79 Å². The molecule has 2 aromatic rings. The minimum absolute atomic E-state index is 0.0519. The summed E-state index contributed by atoms with van der Waals surface area (Å²) < 4.78 is 0. The van der Waals surface area contributed by atoms with E-state index in [1.165, 1.54) is 16.1 Å². The number of carbonyl (C=O) groups excluding carboxylic acids is 2. The van der Waals surface area contributed by atoms with Crippen molar-refractivity contribution in [2.24, 2.45) is 5.73 Å². The Kier molecular flexibility index (Phi) is 4.46. The number of primary amides is 1. The highest BCUT2D eigenvalue weighted by Gasteiger charge is 2.32. The zero-order valence-corrected chi connectivity index (χ0v) is 14.6. The molecule has 0 fully saturated rings. The van der Waals surface area contributed by atoms with Crippen LogP contribution in [0.1, 0.15) is 40.0 Å². The predicted molar refractivity (Wildman–Crippen MR) is 96.6 cm³/mol. The molecule has 1 heterocycles. The number of hydrazine groups is 2. The van der Waals surface area contributed by atoms with Crippen molar-refractivity contribution in [3.8, 4) is 0 Å². The normalized spacial score (nSPS) is 15.1. The van der Waals surface area contributed by atoms with Crippen molar-refractivity contribution in [1.82, 2.24) is 10.5 Å². The lowest BCUT2D eigenvalue weighted by molar-refractivity contribution is -0.119. The first kappa shape index (κ1) is 17.0. The van der Waals surface area contributed by atoms with Gasteiger partial charge in [0.15, 0.2) is 0 Å². The third-order valence-corrected chi connectivity index (χ3v) is 4.58. The number of anilines is 1. The maximum absolute atomic E-state index is 12.6. The van der Waals surface area contributed by atoms with E-state index in [0.29, 0.717) is 5.56 Å². The molecule has 0 aromatic heterocycles. The molecule has 0 radical (unpaired) electrons. The summed E-state index contributed by atoms with van der Waals surface area (Å²) >= 11 is 0. The molecule has 0 saturated heterocycles. The molecule has 2 aromatic carbocycles. The highest BCUT2D eigenvalue weighted by atomic mass is 16.2. The zero-order valence-electron chi connectivity index (χ0n) is 14.6. The van der Waals surface area contributed by atoms with Crippen LogP contribution in [0.2, 0.25) is 0 Å². The van der Waals surface area contributed by atoms with Gasteiger partial charge in [0.2, 0.25) is 5.91 Å². The molecule has 0 aliphatic carbocycles. The number of hydrogen-bond acceptors (Lipinski definition) is 4. The SMILES string of the molecule is Cc1ccc(C(C)N2NN(CC(N)=O)C(=O)c3ccccc32)cc1C. The highest BCUT2D eigenvalue weighted by Crippen LogP contribution is 2.32. The summed E-state index contributed by atoms with van der Waals surface area (Å²) in [5.41, 5.74) is 13.2. The van der Waals surface area contributed by atoms with Gasteiger partial charge in [-0.25, -0.2) is 5.01 Å². The standard InChI is InChI=1S/C19H22N4O2/c1-12-8-9-15(10-13(12)2)14(3)23-17-7-5-4-6-16(17)19(25)22(21-23)11-18(20)24/h4-10,14,21H,11H2,1-3H3,(H2,20,24). The minimum Gasteiger partial charge on any atom is -0.368 e. The van der Waals surface area contributed by atoms with E-state index in [0.717, 1.165) is 11.3 Å². The van der Waals surface area contributed by atoms with Crippen LogP contribution in [0.15, 0.2) is 42.5 Å². The summed E-state index contributed by atoms with van der Waals surface area (Å²) in [5, 5.41) is 3.14. The molecular weight excluding hydrogens is 316 g/mol. The lowest BCUT2D eigenvalue weighted by Crippen LogP contribution is -2.59. The number of benzene rings is 2. The summed E-state index contributed by atoms with van der Waals surface area (Å²) in [5.74, 6) is -0.836. The highest BCUT2D eigenvalue weighted by molar-refractivity contribution is 6.02. The third-order valence-electron chi connectivity index (χ3n) is 4.58. The van der Waals surface area contributed by atoms with Crippen LogP contribution in [-0.4, -0.2) is 23.4 Å². The lowest BCUT2D eigenvalue weighted by atomic mass is 10.0. The van der Waals surface area contributed by atoms with Gasteiger partial charge in [-0.1, -0.05) is 30.3 Å². The summed E-state index contributed by atoms with van der Waals surface area (Å²) in [7, 11) is 0. The summed E-state index contributed by atoms with van der Waals surface area (Å²) in [6, 6.07) is 13.6. The minimum atomic E-state index is -0.570. The van der Waals surface area contributed by atoms with Gasteiger partial charge in [0.05, 0.1) is 17.3 Å². The molecular formula is C19H22N4O2. The fourth-order valence-corrected chi connectivity index (χ4v) is 2.97. The maximum Gasteiger partial charge on any atom is 0.272 e. The van der Waals surface area contributed by atoms with Gasteiger partial charge in [-0.2, -0.15) is 0 Å². The second-order valence-electron chi connectivity index (χ2n) is 6.36. The van der Waals surface area contributed by atoms with E-state index in [1.54, 1.807) is 6.07 Å². The Morgan fingerprint density at radius 2 is 1.88 bits per heavy atom. The Balaban J connectivity index is 2.01. The van der Waals surface area contributed by atoms with E-state index >= 15 is 0 Å². The number of nitrogens with zero attached hydrogens (tertiary/aromatic N) is 2. The molecule has 25 heavy (non-hydrogen) atoms. The van der Waals surface area contributed by atoms with Crippen LogP contribution < -0.4 is 16.3 Å². The maximum atomic E-state index is 12.6. The smallest absolute Gasteiger partial charge is 0.272 e. The van der Waals surface area contributed by atoms with Crippen LogP contribution in [0.3, 0.4) is 0 Å². The number of rotatable bonds is 4. The number of nitrogens with two attached hydrogens (primary N) is 1. The van der Waals surface area contributed by atoms with Crippen molar-refractivity contribution in [1.29, 1.82) is 0 Å². The van der Waals surface area contributed by atoms with Crippen molar-refractivity contribution < 1.29 is 9.59 Å². The number of fused-ring (bicyclic) bond motifs is 1. The molecule has 1 aliphatic heterocycles. The molecule has 6 nitrogen and oxygen atoms in total. The average molecular weight is 338 g/mol. The van der Waals surface area contributed by atoms with E-state index in [-0.39, 0.29) is 18.5 Å². The second-order valence-corrected chi connectivity index (χ2v) is 6.36. The molecule has 2 amide bonds. The molecule has 0 saturated carbocycles. The Morgan fingerprint density at radius 1 is 1.16 bits per heavy atom. The van der Waals surface area contributed by atoms with Gasteiger partial charge >= 0.3 is 0 Å². The fourth-order valence-electron chi connectivity index (χ4n) is 2.97. The monoisotopic (exact) mass is 338 g/mol. The number of para-hydroxylation sites is 1. The van der Waals surface area contributed by atoms with Crippen molar-refractivity contribution in [2.45, 2.75) is 26.8 Å². The summed E-state index contributed by atoms with van der Waals surface area (Å²) in [6.45, 7) is 6.01. The molecule has 1 atom stereocenters. The number of nitrogens with one attached hydrogen (secondary N) is 1. The number of amides is 2. The van der Waals surface area contributed by atoms with Crippen LogP contribution in [0.25, 0.3) is 0 Å². The van der Waals surface area contributed by atoms with E-state index in [1.807, 2.05) is 30.1 Å². The fraction of sp³-hybridized carbons (Fsp3) is 0.263. The summed E-state index contributed by atoms with van der Waals surface area (Å²) in [4.78, 5) is 23.9. The molecule has 6 heteroatoms. The third kappa shape index (κ3) is 3.21. The molecule has 3 N–H and O–H groups in total. The Morgan fingerprint density at radius 3 is 2.56 bits per heavy atom. The molecule has 1 aliphatic rings. The van der Waals surface area contributed by atoms with Gasteiger partial charge in [0.1, 0.15) is 6.54 Å². The summed E-state index contributed by atoms with van der Waals surface area (Å²) in [6.07, 6.45) is 0. The first-order valence-electron chi connectivity index (χ1n) is 8.20. The largest absolute Gasteiger partial charge is 0.368 e. The molecule has 130 valence electrons. The number of hydrogen-bond donors (Lipinski definition) is 2. The van der Waals surface area contributed by atoms with Gasteiger partial charge in [-0.05, 0) is 49.6 Å². The first-order valence-corrected chi connectivity index (χ1v) is 8.20. The zero-order chi connectivity index (χ0) is 18.1. The molecule has 0 bridgehead atoms. The van der Waals surface area contributed by atoms with E-state index in [4.69, 9.17) is 5.73 Å². The predicted octanol–water partition coefficient (Wildman–Crippen LogP) is 2.23. The van der Waals surface area contributed by atoms with Gasteiger partial charge in [-0.3, -0.25) is 14.6 Å². The van der Waals surface area contributed by atoms with E-state index in [2.05, 4.69) is 37.6 Å². The lowest BCUT2D eigenvalue weighted by Gasteiger charge is -2.41. The van der Waals surface area contributed by atoms with Crippen molar-refractivity contribution >= 4 is 17.5 Å². The molecule has 0 spiro atoms. The van der Waals surface area contributed by atoms with Crippen molar-refractivity contribution in [3.05, 3.63) is 64.7 Å². The topological polar surface area (TPSA) is 78.7 Å². The Labute approximate surface area is 147 Å². The Hall–Kier alpha value is -2.86.